The third kappa shape index (κ3) is 5.37. The molecule has 1 aliphatic heterocycles. The van der Waals surface area contributed by atoms with Crippen molar-refractivity contribution in [3.8, 4) is 5.75 Å². The number of nitrogens with one attached hydrogen (secondary N) is 1. The van der Waals surface area contributed by atoms with Crippen LogP contribution in [-0.4, -0.2) is 39.8 Å². The van der Waals surface area contributed by atoms with Gasteiger partial charge in [-0.3, -0.25) is 9.00 Å². The van der Waals surface area contributed by atoms with E-state index in [2.05, 4.69) is 15.0 Å². The van der Waals surface area contributed by atoms with Crippen molar-refractivity contribution in [1.82, 2.24) is 10.3 Å². The van der Waals surface area contributed by atoms with E-state index in [1.165, 1.54) is 0 Å². The standard InChI is InChI=1S/C18H16ClF5N2O3S/c19-13-6-14(16(27)25-7-9-2-1-3-30(28)8-9)26-15-11(13)4-10(29-17(20)21)5-12(15)18(22,23)24/h4-6,9,17H,1-3,7-8H2,(H,25,27). The number of carbonyl (C=O) groups is 1. The van der Waals surface area contributed by atoms with Crippen molar-refractivity contribution in [2.45, 2.75) is 25.6 Å². The summed E-state index contributed by atoms with van der Waals surface area (Å²) in [6.45, 7) is -3.12. The van der Waals surface area contributed by atoms with Gasteiger partial charge in [0.1, 0.15) is 11.4 Å². The van der Waals surface area contributed by atoms with Crippen LogP contribution in [-0.2, 0) is 17.0 Å². The van der Waals surface area contributed by atoms with E-state index in [4.69, 9.17) is 11.6 Å². The zero-order valence-corrected chi connectivity index (χ0v) is 16.8. The summed E-state index contributed by atoms with van der Waals surface area (Å²) in [5.74, 6) is -0.410. The normalized spacial score (nSPS) is 19.8. The Morgan fingerprint density at radius 2 is 2.07 bits per heavy atom. The summed E-state index contributed by atoms with van der Waals surface area (Å²) >= 11 is 6.03. The highest BCUT2D eigenvalue weighted by atomic mass is 35.5. The molecule has 1 N–H and O–H groups in total. The fourth-order valence-corrected chi connectivity index (χ4v) is 4.93. The topological polar surface area (TPSA) is 68.3 Å². The maximum atomic E-state index is 13.5. The number of halogens is 6. The van der Waals surface area contributed by atoms with Gasteiger partial charge in [-0.15, -0.1) is 0 Å². The van der Waals surface area contributed by atoms with E-state index >= 15 is 0 Å². The summed E-state index contributed by atoms with van der Waals surface area (Å²) in [6, 6.07) is 2.35. The molecule has 0 bridgehead atoms. The largest absolute Gasteiger partial charge is 0.435 e. The molecule has 2 heterocycles. The van der Waals surface area contributed by atoms with Gasteiger partial charge >= 0.3 is 12.8 Å². The van der Waals surface area contributed by atoms with Crippen LogP contribution < -0.4 is 10.1 Å². The number of ether oxygens (including phenoxy) is 1. The molecule has 1 aromatic heterocycles. The lowest BCUT2D eigenvalue weighted by atomic mass is 10.1. The molecule has 12 heteroatoms. The lowest BCUT2D eigenvalue weighted by Crippen LogP contribution is -2.34. The van der Waals surface area contributed by atoms with Gasteiger partial charge in [0, 0.05) is 34.2 Å². The Morgan fingerprint density at radius 3 is 2.70 bits per heavy atom. The summed E-state index contributed by atoms with van der Waals surface area (Å²) in [5, 5.41) is 2.03. The second-order valence-electron chi connectivity index (χ2n) is 6.76. The van der Waals surface area contributed by atoms with Gasteiger partial charge in [-0.1, -0.05) is 11.6 Å². The summed E-state index contributed by atoms with van der Waals surface area (Å²) in [7, 11) is -0.950. The molecule has 3 rings (SSSR count). The van der Waals surface area contributed by atoms with Gasteiger partial charge in [0.15, 0.2) is 0 Å². The van der Waals surface area contributed by atoms with Crippen molar-refractivity contribution in [3.63, 3.8) is 0 Å². The lowest BCUT2D eigenvalue weighted by Gasteiger charge is -2.21. The van der Waals surface area contributed by atoms with Crippen molar-refractivity contribution in [2.24, 2.45) is 5.92 Å². The highest BCUT2D eigenvalue weighted by Gasteiger charge is 2.35. The Hall–Kier alpha value is -2.01. The fraction of sp³-hybridized carbons (Fsp3) is 0.444. The first kappa shape index (κ1) is 22.7. The zero-order chi connectivity index (χ0) is 22.1. The number of hydrogen-bond acceptors (Lipinski definition) is 4. The number of alkyl halides is 5. The minimum Gasteiger partial charge on any atom is -0.435 e. The first-order chi connectivity index (χ1) is 14.0. The van der Waals surface area contributed by atoms with Gasteiger partial charge in [0.2, 0.25) is 0 Å². The second kappa shape index (κ2) is 9.01. The molecule has 1 aliphatic rings. The SMILES string of the molecule is O=C(NCC1CCCS(=O)C1)c1cc(Cl)c2cc(OC(F)F)cc(C(F)(F)F)c2n1. The number of benzene rings is 1. The molecule has 0 saturated carbocycles. The molecule has 1 aromatic carbocycles. The van der Waals surface area contributed by atoms with Crippen molar-refractivity contribution >= 4 is 39.2 Å². The third-order valence-corrected chi connectivity index (χ3v) is 6.46. The van der Waals surface area contributed by atoms with E-state index < -0.39 is 46.3 Å². The predicted molar refractivity (Wildman–Crippen MR) is 101 cm³/mol. The van der Waals surface area contributed by atoms with Gasteiger partial charge in [-0.05, 0) is 37.0 Å². The first-order valence-corrected chi connectivity index (χ1v) is 10.7. The van der Waals surface area contributed by atoms with Crippen LogP contribution in [0.15, 0.2) is 18.2 Å². The van der Waals surface area contributed by atoms with Crippen LogP contribution >= 0.6 is 11.6 Å². The second-order valence-corrected chi connectivity index (χ2v) is 8.79. The molecule has 1 amide bonds. The Kier molecular flexibility index (Phi) is 6.81. The number of nitrogens with zero attached hydrogens (tertiary/aromatic N) is 1. The summed E-state index contributed by atoms with van der Waals surface area (Å²) < 4.78 is 81.0. The Bertz CT molecular complexity index is 986. The fourth-order valence-electron chi connectivity index (χ4n) is 3.22. The Balaban J connectivity index is 1.93. The summed E-state index contributed by atoms with van der Waals surface area (Å²) in [5.41, 5.74) is -2.35. The smallest absolute Gasteiger partial charge is 0.418 e. The van der Waals surface area contributed by atoms with Gasteiger partial charge < -0.3 is 10.1 Å². The molecular formula is C18H16ClF5N2O3S. The lowest BCUT2D eigenvalue weighted by molar-refractivity contribution is -0.136. The van der Waals surface area contributed by atoms with Crippen molar-refractivity contribution in [1.29, 1.82) is 0 Å². The number of hydrogen-bond donors (Lipinski definition) is 1. The van der Waals surface area contributed by atoms with Gasteiger partial charge in [0.25, 0.3) is 5.91 Å². The van der Waals surface area contributed by atoms with Crippen LogP contribution in [0.25, 0.3) is 10.9 Å². The van der Waals surface area contributed by atoms with Crippen LogP contribution in [0.5, 0.6) is 5.75 Å². The first-order valence-electron chi connectivity index (χ1n) is 8.84. The van der Waals surface area contributed by atoms with Crippen LogP contribution in [0.2, 0.25) is 5.02 Å². The molecule has 164 valence electrons. The number of rotatable bonds is 5. The van der Waals surface area contributed by atoms with Crippen molar-refractivity contribution in [3.05, 3.63) is 34.5 Å². The maximum Gasteiger partial charge on any atom is 0.418 e. The molecule has 1 saturated heterocycles. The quantitative estimate of drug-likeness (QED) is 0.658. The van der Waals surface area contributed by atoms with E-state index in [-0.39, 0.29) is 28.6 Å². The average Bonchev–Trinajstić information content (AvgIpc) is 2.64. The van der Waals surface area contributed by atoms with E-state index in [1.54, 1.807) is 0 Å². The summed E-state index contributed by atoms with van der Waals surface area (Å²) in [4.78, 5) is 16.2. The molecule has 0 radical (unpaired) electrons. The van der Waals surface area contributed by atoms with Crippen LogP contribution in [0.4, 0.5) is 22.0 Å². The van der Waals surface area contributed by atoms with Gasteiger partial charge in [0.05, 0.1) is 16.1 Å². The van der Waals surface area contributed by atoms with Crippen molar-refractivity contribution < 1.29 is 35.7 Å². The number of carbonyl (C=O) groups excluding carboxylic acids is 1. The number of fused-ring (bicyclic) bond motifs is 1. The van der Waals surface area contributed by atoms with Gasteiger partial charge in [-0.25, -0.2) is 4.98 Å². The number of amides is 1. The van der Waals surface area contributed by atoms with E-state index in [0.29, 0.717) is 17.6 Å². The highest BCUT2D eigenvalue weighted by Crippen LogP contribution is 2.39. The minimum atomic E-state index is -4.95. The Labute approximate surface area is 175 Å². The van der Waals surface area contributed by atoms with E-state index in [0.717, 1.165) is 25.0 Å². The molecule has 1 fully saturated rings. The molecule has 2 unspecified atom stereocenters. The molecule has 5 nitrogen and oxygen atoms in total. The number of aromatic nitrogens is 1. The van der Waals surface area contributed by atoms with E-state index in [1.807, 2.05) is 0 Å². The molecule has 0 aliphatic carbocycles. The minimum absolute atomic E-state index is 0.000693. The zero-order valence-electron chi connectivity index (χ0n) is 15.3. The molecule has 30 heavy (non-hydrogen) atoms. The predicted octanol–water partition coefficient (Wildman–Crippen LogP) is 4.40. The van der Waals surface area contributed by atoms with Crippen LogP contribution in [0.3, 0.4) is 0 Å². The third-order valence-electron chi connectivity index (χ3n) is 4.56. The van der Waals surface area contributed by atoms with Crippen molar-refractivity contribution in [2.75, 3.05) is 18.1 Å². The monoisotopic (exact) mass is 470 g/mol. The van der Waals surface area contributed by atoms with Crippen LogP contribution in [0, 0.1) is 5.92 Å². The van der Waals surface area contributed by atoms with Gasteiger partial charge in [-0.2, -0.15) is 22.0 Å². The molecule has 2 atom stereocenters. The molecule has 2 aromatic rings. The van der Waals surface area contributed by atoms with Crippen LogP contribution in [0.1, 0.15) is 28.9 Å². The molecule has 0 spiro atoms. The maximum absolute atomic E-state index is 13.5. The molecular weight excluding hydrogens is 455 g/mol. The summed E-state index contributed by atoms with van der Waals surface area (Å²) in [6.07, 6.45) is -3.40. The average molecular weight is 471 g/mol. The Morgan fingerprint density at radius 1 is 1.33 bits per heavy atom. The highest BCUT2D eigenvalue weighted by molar-refractivity contribution is 7.85. The number of pyridine rings is 1. The van der Waals surface area contributed by atoms with E-state index in [9.17, 15) is 31.0 Å².